The summed E-state index contributed by atoms with van der Waals surface area (Å²) in [6.45, 7) is 4.23. The minimum absolute atomic E-state index is 0.214. The van der Waals surface area contributed by atoms with Crippen molar-refractivity contribution in [2.75, 3.05) is 0 Å². The molecule has 0 saturated heterocycles. The van der Waals surface area contributed by atoms with E-state index in [1.54, 1.807) is 0 Å². The van der Waals surface area contributed by atoms with Gasteiger partial charge < -0.3 is 13.6 Å². The molecular formula is C20H17BrN4O3S. The normalized spacial score (nSPS) is 11.0. The lowest BCUT2D eigenvalue weighted by Crippen LogP contribution is -1.97. The fraction of sp³-hybridized carbons (Fsp3) is 0.200. The van der Waals surface area contributed by atoms with E-state index in [4.69, 9.17) is 13.6 Å². The third-order valence-electron chi connectivity index (χ3n) is 4.02. The maximum absolute atomic E-state index is 5.79. The first kappa shape index (κ1) is 19.7. The molecule has 0 spiro atoms. The molecule has 0 aliphatic heterocycles. The third kappa shape index (κ3) is 5.04. The zero-order valence-electron chi connectivity index (χ0n) is 15.8. The molecule has 0 bridgehead atoms. The number of hydrogen-bond acceptors (Lipinski definition) is 8. The Labute approximate surface area is 180 Å². The van der Waals surface area contributed by atoms with E-state index in [-0.39, 0.29) is 6.61 Å². The smallest absolute Gasteiger partial charge is 0.277 e. The highest BCUT2D eigenvalue weighted by molar-refractivity contribution is 9.10. The van der Waals surface area contributed by atoms with Crippen LogP contribution in [0.3, 0.4) is 0 Å². The summed E-state index contributed by atoms with van der Waals surface area (Å²) >= 11 is 4.74. The average molecular weight is 473 g/mol. The van der Waals surface area contributed by atoms with Gasteiger partial charge in [-0.05, 0) is 55.3 Å². The Balaban J connectivity index is 1.33. The number of halogens is 1. The molecule has 7 nitrogen and oxygen atoms in total. The lowest BCUT2D eigenvalue weighted by molar-refractivity contribution is 0.250. The number of rotatable bonds is 7. The molecule has 29 heavy (non-hydrogen) atoms. The first-order chi connectivity index (χ1) is 14.1. The van der Waals surface area contributed by atoms with E-state index in [9.17, 15) is 0 Å². The Morgan fingerprint density at radius 2 is 1.72 bits per heavy atom. The molecule has 2 heterocycles. The predicted molar refractivity (Wildman–Crippen MR) is 112 cm³/mol. The first-order valence-corrected chi connectivity index (χ1v) is 10.6. The molecular weight excluding hydrogens is 456 g/mol. The highest BCUT2D eigenvalue weighted by atomic mass is 79.9. The van der Waals surface area contributed by atoms with Crippen LogP contribution in [0.1, 0.15) is 22.9 Å². The highest BCUT2D eigenvalue weighted by Crippen LogP contribution is 2.25. The van der Waals surface area contributed by atoms with Gasteiger partial charge in [0.1, 0.15) is 5.75 Å². The molecule has 0 atom stereocenters. The monoisotopic (exact) mass is 472 g/mol. The van der Waals surface area contributed by atoms with Gasteiger partial charge in [-0.1, -0.05) is 39.8 Å². The van der Waals surface area contributed by atoms with Gasteiger partial charge in [0.25, 0.3) is 11.1 Å². The second-order valence-electron chi connectivity index (χ2n) is 6.32. The Hall–Kier alpha value is -2.65. The van der Waals surface area contributed by atoms with Crippen molar-refractivity contribution in [3.63, 3.8) is 0 Å². The van der Waals surface area contributed by atoms with Gasteiger partial charge in [0.05, 0.1) is 5.75 Å². The maximum Gasteiger partial charge on any atom is 0.277 e. The maximum atomic E-state index is 5.79. The van der Waals surface area contributed by atoms with Crippen molar-refractivity contribution in [1.82, 2.24) is 20.4 Å². The van der Waals surface area contributed by atoms with Gasteiger partial charge in [0.2, 0.25) is 11.8 Å². The van der Waals surface area contributed by atoms with Gasteiger partial charge in [-0.15, -0.1) is 20.4 Å². The summed E-state index contributed by atoms with van der Waals surface area (Å²) in [6, 6.07) is 13.7. The number of benzene rings is 2. The number of hydrogen-bond donors (Lipinski definition) is 0. The quantitative estimate of drug-likeness (QED) is 0.331. The van der Waals surface area contributed by atoms with E-state index < -0.39 is 0 Å². The summed E-state index contributed by atoms with van der Waals surface area (Å²) < 4.78 is 18.1. The summed E-state index contributed by atoms with van der Waals surface area (Å²) in [5.41, 5.74) is 3.05. The van der Waals surface area contributed by atoms with Crippen LogP contribution in [-0.2, 0) is 12.4 Å². The Bertz CT molecular complexity index is 1110. The van der Waals surface area contributed by atoms with E-state index in [1.807, 2.05) is 56.3 Å². The predicted octanol–water partition coefficient (Wildman–Crippen LogP) is 5.37. The highest BCUT2D eigenvalue weighted by Gasteiger charge is 2.13. The number of ether oxygens (including phenoxy) is 1. The molecule has 2 aromatic carbocycles. The molecule has 0 aliphatic rings. The van der Waals surface area contributed by atoms with Gasteiger partial charge in [0.15, 0.2) is 6.61 Å². The molecule has 4 aromatic rings. The van der Waals surface area contributed by atoms with E-state index in [0.29, 0.717) is 28.6 Å². The summed E-state index contributed by atoms with van der Waals surface area (Å²) in [7, 11) is 0. The molecule has 148 valence electrons. The van der Waals surface area contributed by atoms with Gasteiger partial charge in [-0.3, -0.25) is 0 Å². The number of aromatic nitrogens is 4. The van der Waals surface area contributed by atoms with Crippen molar-refractivity contribution in [3.8, 4) is 17.2 Å². The van der Waals surface area contributed by atoms with Crippen molar-refractivity contribution < 1.29 is 13.6 Å². The van der Waals surface area contributed by atoms with Crippen molar-refractivity contribution >= 4 is 27.7 Å². The summed E-state index contributed by atoms with van der Waals surface area (Å²) in [5.74, 6) is 2.61. The Morgan fingerprint density at radius 3 is 2.55 bits per heavy atom. The fourth-order valence-electron chi connectivity index (χ4n) is 2.50. The zero-order valence-corrected chi connectivity index (χ0v) is 18.2. The van der Waals surface area contributed by atoms with E-state index in [0.717, 1.165) is 26.9 Å². The molecule has 0 unspecified atom stereocenters. The Kier molecular flexibility index (Phi) is 5.96. The van der Waals surface area contributed by atoms with Gasteiger partial charge in [-0.25, -0.2) is 0 Å². The van der Waals surface area contributed by atoms with Crippen molar-refractivity contribution in [2.24, 2.45) is 0 Å². The van der Waals surface area contributed by atoms with Crippen LogP contribution < -0.4 is 4.74 Å². The molecule has 0 amide bonds. The largest absolute Gasteiger partial charge is 0.484 e. The van der Waals surface area contributed by atoms with Crippen molar-refractivity contribution in [3.05, 3.63) is 69.8 Å². The number of nitrogens with zero attached hydrogens (tertiary/aromatic N) is 4. The molecule has 0 saturated carbocycles. The van der Waals surface area contributed by atoms with Crippen molar-refractivity contribution in [2.45, 2.75) is 31.4 Å². The molecule has 0 N–H and O–H groups in total. The molecule has 2 aromatic heterocycles. The van der Waals surface area contributed by atoms with Crippen LogP contribution in [0.2, 0.25) is 0 Å². The molecule has 0 aliphatic carbocycles. The van der Waals surface area contributed by atoms with Crippen LogP contribution in [0.4, 0.5) is 0 Å². The van der Waals surface area contributed by atoms with Crippen LogP contribution in [0.25, 0.3) is 11.5 Å². The number of thioether (sulfide) groups is 1. The first-order valence-electron chi connectivity index (χ1n) is 8.80. The number of aryl methyl sites for hydroxylation is 2. The standard InChI is InChI=1S/C20H17BrN4O3S/c1-12-3-4-13(2)16(9-12)26-10-17-22-25-20(28-17)29-11-18-23-24-19(27-18)14-5-7-15(21)8-6-14/h3-9H,10-11H2,1-2H3. The van der Waals surface area contributed by atoms with Crippen LogP contribution in [0.15, 0.2) is 61.0 Å². The van der Waals surface area contributed by atoms with E-state index in [2.05, 4.69) is 36.3 Å². The van der Waals surface area contributed by atoms with Gasteiger partial charge in [0, 0.05) is 10.0 Å². The zero-order chi connectivity index (χ0) is 20.2. The van der Waals surface area contributed by atoms with Crippen LogP contribution in [-0.4, -0.2) is 20.4 Å². The van der Waals surface area contributed by atoms with Crippen LogP contribution in [0, 0.1) is 13.8 Å². The molecule has 9 heteroatoms. The summed E-state index contributed by atoms with van der Waals surface area (Å²) in [4.78, 5) is 0. The Morgan fingerprint density at radius 1 is 0.931 bits per heavy atom. The average Bonchev–Trinajstić information content (AvgIpc) is 3.37. The van der Waals surface area contributed by atoms with Crippen LogP contribution >= 0.6 is 27.7 Å². The summed E-state index contributed by atoms with van der Waals surface area (Å²) in [5, 5.41) is 16.6. The van der Waals surface area contributed by atoms with Gasteiger partial charge >= 0.3 is 0 Å². The SMILES string of the molecule is Cc1ccc(C)c(OCc2nnc(SCc3nnc(-c4ccc(Br)cc4)o3)o2)c1. The second kappa shape index (κ2) is 8.79. The fourth-order valence-corrected chi connectivity index (χ4v) is 3.38. The van der Waals surface area contributed by atoms with Crippen LogP contribution in [0.5, 0.6) is 5.75 Å². The van der Waals surface area contributed by atoms with E-state index >= 15 is 0 Å². The minimum atomic E-state index is 0.214. The van der Waals surface area contributed by atoms with E-state index in [1.165, 1.54) is 11.8 Å². The second-order valence-corrected chi connectivity index (χ2v) is 8.16. The van der Waals surface area contributed by atoms with Gasteiger partial charge in [-0.2, -0.15) is 0 Å². The molecule has 0 radical (unpaired) electrons. The van der Waals surface area contributed by atoms with Crippen molar-refractivity contribution in [1.29, 1.82) is 0 Å². The topological polar surface area (TPSA) is 87.1 Å². The lowest BCUT2D eigenvalue weighted by Gasteiger charge is -2.07. The third-order valence-corrected chi connectivity index (χ3v) is 5.35. The molecule has 0 fully saturated rings. The molecule has 4 rings (SSSR count). The minimum Gasteiger partial charge on any atom is -0.484 e. The summed E-state index contributed by atoms with van der Waals surface area (Å²) in [6.07, 6.45) is 0. The lowest BCUT2D eigenvalue weighted by atomic mass is 10.1.